The van der Waals surface area contributed by atoms with Crippen LogP contribution in [-0.2, 0) is 16.1 Å². The van der Waals surface area contributed by atoms with Gasteiger partial charge in [-0.05, 0) is 48.9 Å². The Morgan fingerprint density at radius 1 is 1.25 bits per heavy atom. The molecule has 1 aliphatic rings. The molecule has 1 N–H and O–H groups in total. The largest absolute Gasteiger partial charge is 0.490 e. The molecular formula is C22H21NO5. The minimum Gasteiger partial charge on any atom is -0.490 e. The molecule has 2 aromatic carbocycles. The van der Waals surface area contributed by atoms with E-state index in [2.05, 4.69) is 4.90 Å². The molecule has 1 aromatic heterocycles. The second-order valence-electron chi connectivity index (χ2n) is 6.49. The van der Waals surface area contributed by atoms with Gasteiger partial charge in [-0.15, -0.1) is 0 Å². The van der Waals surface area contributed by atoms with Crippen LogP contribution in [0.5, 0.6) is 5.75 Å². The lowest BCUT2D eigenvalue weighted by atomic mass is 10.1. The zero-order valence-electron chi connectivity index (χ0n) is 15.6. The van der Waals surface area contributed by atoms with Crippen LogP contribution >= 0.6 is 0 Å². The van der Waals surface area contributed by atoms with Crippen LogP contribution in [0.4, 0.5) is 5.69 Å². The first-order chi connectivity index (χ1) is 13.6. The van der Waals surface area contributed by atoms with Crippen LogP contribution in [0.3, 0.4) is 0 Å². The summed E-state index contributed by atoms with van der Waals surface area (Å²) in [5, 5.41) is 10.1. The number of furan rings is 1. The zero-order chi connectivity index (χ0) is 19.5. The molecule has 0 unspecified atom stereocenters. The maximum absolute atomic E-state index is 11.3. The Morgan fingerprint density at radius 2 is 2.11 bits per heavy atom. The molecule has 0 saturated heterocycles. The first kappa shape index (κ1) is 18.0. The van der Waals surface area contributed by atoms with E-state index in [-0.39, 0.29) is 5.76 Å². The fourth-order valence-corrected chi connectivity index (χ4v) is 3.34. The first-order valence-corrected chi connectivity index (χ1v) is 9.21. The lowest BCUT2D eigenvalue weighted by molar-refractivity contribution is -0.136. The van der Waals surface area contributed by atoms with Gasteiger partial charge in [-0.2, -0.15) is 0 Å². The van der Waals surface area contributed by atoms with Crippen molar-refractivity contribution in [3.8, 4) is 5.75 Å². The average molecular weight is 379 g/mol. The van der Waals surface area contributed by atoms with Gasteiger partial charge in [-0.1, -0.05) is 18.2 Å². The average Bonchev–Trinajstić information content (AvgIpc) is 3.09. The topological polar surface area (TPSA) is 72.1 Å². The van der Waals surface area contributed by atoms with Crippen molar-refractivity contribution in [1.82, 2.24) is 0 Å². The molecule has 0 atom stereocenters. The summed E-state index contributed by atoms with van der Waals surface area (Å²) in [7, 11) is 0. The maximum Gasteiger partial charge on any atom is 0.371 e. The van der Waals surface area contributed by atoms with Crippen LogP contribution in [-0.4, -0.2) is 30.8 Å². The normalized spacial score (nSPS) is 13.9. The van der Waals surface area contributed by atoms with Gasteiger partial charge < -0.3 is 23.9 Å². The third-order valence-electron chi connectivity index (χ3n) is 4.57. The summed E-state index contributed by atoms with van der Waals surface area (Å²) in [6.07, 6.45) is 1.52. The number of para-hydroxylation sites is 2. The monoisotopic (exact) mass is 379 g/mol. The number of aliphatic carboxylic acids is 1. The summed E-state index contributed by atoms with van der Waals surface area (Å²) in [5.74, 6) is 0.571. The number of nitrogens with zero attached hydrogens (tertiary/aromatic N) is 1. The molecule has 6 nitrogen and oxygen atoms in total. The number of hydrogen-bond acceptors (Lipinski definition) is 5. The Kier molecular flexibility index (Phi) is 4.93. The summed E-state index contributed by atoms with van der Waals surface area (Å²) in [6.45, 7) is 4.13. The Morgan fingerprint density at radius 3 is 2.93 bits per heavy atom. The molecule has 0 bridgehead atoms. The molecule has 0 saturated carbocycles. The fraction of sp³-hybridized carbons (Fsp3) is 0.227. The number of carboxylic acids is 1. The number of fused-ring (bicyclic) bond motifs is 2. The summed E-state index contributed by atoms with van der Waals surface area (Å²) in [5.41, 5.74) is 2.57. The molecule has 3 aromatic rings. The van der Waals surface area contributed by atoms with E-state index in [0.29, 0.717) is 19.8 Å². The van der Waals surface area contributed by atoms with Gasteiger partial charge in [0.15, 0.2) is 0 Å². The number of anilines is 1. The van der Waals surface area contributed by atoms with Gasteiger partial charge in [0.1, 0.15) is 23.7 Å². The molecule has 4 rings (SSSR count). The highest BCUT2D eigenvalue weighted by atomic mass is 16.5. The molecule has 0 fully saturated rings. The predicted molar refractivity (Wildman–Crippen MR) is 106 cm³/mol. The number of hydrogen-bond donors (Lipinski definition) is 1. The van der Waals surface area contributed by atoms with Gasteiger partial charge in [0.05, 0.1) is 25.4 Å². The molecule has 0 radical (unpaired) electrons. The number of rotatable bonds is 6. The molecule has 0 spiro atoms. The van der Waals surface area contributed by atoms with Gasteiger partial charge in [-0.25, -0.2) is 4.79 Å². The highest BCUT2D eigenvalue weighted by Crippen LogP contribution is 2.33. The summed E-state index contributed by atoms with van der Waals surface area (Å²) < 4.78 is 16.9. The standard InChI is InChI=1S/C22H21NO5/c1-2-26-21(22(24)25)12-15-7-8-19-16(11-15)13-17(28-19)14-23-9-10-27-20-6-4-3-5-18(20)23/h3-8,11-13H,2,9-10,14H2,1H3,(H,24,25)/b21-12+. The van der Waals surface area contributed by atoms with E-state index in [1.54, 1.807) is 6.92 Å². The number of carboxylic acid groups (broad SMARTS) is 1. The fourth-order valence-electron chi connectivity index (χ4n) is 3.34. The summed E-state index contributed by atoms with van der Waals surface area (Å²) in [4.78, 5) is 13.5. The van der Waals surface area contributed by atoms with Crippen LogP contribution in [0.1, 0.15) is 18.2 Å². The Hall–Kier alpha value is -3.41. The quantitative estimate of drug-likeness (QED) is 0.509. The smallest absolute Gasteiger partial charge is 0.371 e. The highest BCUT2D eigenvalue weighted by Gasteiger charge is 2.19. The SMILES string of the molecule is CCO/C(=C/c1ccc2oc(CN3CCOc4ccccc43)cc2c1)C(=O)O. The number of carbonyl (C=O) groups is 1. The van der Waals surface area contributed by atoms with E-state index in [0.717, 1.165) is 40.3 Å². The van der Waals surface area contributed by atoms with Crippen molar-refractivity contribution in [3.63, 3.8) is 0 Å². The highest BCUT2D eigenvalue weighted by molar-refractivity contribution is 5.91. The van der Waals surface area contributed by atoms with Crippen LogP contribution < -0.4 is 9.64 Å². The molecule has 2 heterocycles. The van der Waals surface area contributed by atoms with Crippen LogP contribution in [0, 0.1) is 0 Å². The minimum absolute atomic E-state index is 0.0736. The second-order valence-corrected chi connectivity index (χ2v) is 6.49. The molecule has 0 amide bonds. The molecule has 28 heavy (non-hydrogen) atoms. The van der Waals surface area contributed by atoms with E-state index < -0.39 is 5.97 Å². The molecule has 0 aliphatic carbocycles. The van der Waals surface area contributed by atoms with Crippen LogP contribution in [0.25, 0.3) is 17.0 Å². The van der Waals surface area contributed by atoms with Crippen LogP contribution in [0.15, 0.2) is 58.7 Å². The first-order valence-electron chi connectivity index (χ1n) is 9.21. The lowest BCUT2D eigenvalue weighted by Gasteiger charge is -2.30. The van der Waals surface area contributed by atoms with Crippen molar-refractivity contribution < 1.29 is 23.8 Å². The van der Waals surface area contributed by atoms with E-state index in [1.807, 2.05) is 48.5 Å². The van der Waals surface area contributed by atoms with Crippen LogP contribution in [0.2, 0.25) is 0 Å². The predicted octanol–water partition coefficient (Wildman–Crippen LogP) is 4.29. The van der Waals surface area contributed by atoms with Crippen molar-refractivity contribution in [3.05, 3.63) is 65.6 Å². The molecular weight excluding hydrogens is 358 g/mol. The van der Waals surface area contributed by atoms with Crippen molar-refractivity contribution in [2.45, 2.75) is 13.5 Å². The van der Waals surface area contributed by atoms with Crippen molar-refractivity contribution in [2.75, 3.05) is 24.7 Å². The summed E-state index contributed by atoms with van der Waals surface area (Å²) >= 11 is 0. The molecule has 6 heteroatoms. The van der Waals surface area contributed by atoms with Gasteiger partial charge in [0, 0.05) is 5.39 Å². The van der Waals surface area contributed by atoms with Gasteiger partial charge in [0.2, 0.25) is 5.76 Å². The Labute approximate surface area is 162 Å². The van der Waals surface area contributed by atoms with E-state index >= 15 is 0 Å². The molecule has 1 aliphatic heterocycles. The summed E-state index contributed by atoms with van der Waals surface area (Å²) in [6, 6.07) is 15.5. The second kappa shape index (κ2) is 7.68. The third kappa shape index (κ3) is 3.67. The number of benzene rings is 2. The molecule has 144 valence electrons. The minimum atomic E-state index is -1.08. The van der Waals surface area contributed by atoms with Gasteiger partial charge in [0.25, 0.3) is 0 Å². The van der Waals surface area contributed by atoms with E-state index in [9.17, 15) is 9.90 Å². The Bertz CT molecular complexity index is 1040. The van der Waals surface area contributed by atoms with Gasteiger partial charge in [-0.3, -0.25) is 0 Å². The lowest BCUT2D eigenvalue weighted by Crippen LogP contribution is -2.31. The van der Waals surface area contributed by atoms with Gasteiger partial charge >= 0.3 is 5.97 Å². The van der Waals surface area contributed by atoms with Crippen molar-refractivity contribution in [1.29, 1.82) is 0 Å². The van der Waals surface area contributed by atoms with E-state index in [1.165, 1.54) is 6.08 Å². The zero-order valence-corrected chi connectivity index (χ0v) is 15.6. The van der Waals surface area contributed by atoms with E-state index in [4.69, 9.17) is 13.9 Å². The maximum atomic E-state index is 11.3. The third-order valence-corrected chi connectivity index (χ3v) is 4.57. The Balaban J connectivity index is 1.59. The van der Waals surface area contributed by atoms with Crippen molar-refractivity contribution >= 4 is 28.7 Å². The number of ether oxygens (including phenoxy) is 2. The van der Waals surface area contributed by atoms with Crippen molar-refractivity contribution in [2.24, 2.45) is 0 Å².